The van der Waals surface area contributed by atoms with Gasteiger partial charge < -0.3 is 4.90 Å². The molecule has 0 radical (unpaired) electrons. The molecular formula is C19H22N2. The molecule has 108 valence electrons. The third-order valence-electron chi connectivity index (χ3n) is 4.17. The van der Waals surface area contributed by atoms with Crippen LogP contribution in [0.15, 0.2) is 60.7 Å². The highest BCUT2D eigenvalue weighted by atomic mass is 15.1. The summed E-state index contributed by atoms with van der Waals surface area (Å²) in [5.74, 6) is 0. The Balaban J connectivity index is 2.55. The van der Waals surface area contributed by atoms with Crippen molar-refractivity contribution in [3.63, 3.8) is 0 Å². The van der Waals surface area contributed by atoms with Crippen molar-refractivity contribution in [2.75, 3.05) is 14.1 Å². The van der Waals surface area contributed by atoms with E-state index in [0.717, 1.165) is 17.5 Å². The van der Waals surface area contributed by atoms with Crippen LogP contribution in [0.5, 0.6) is 0 Å². The molecule has 2 nitrogen and oxygen atoms in total. The van der Waals surface area contributed by atoms with Gasteiger partial charge in [-0.25, -0.2) is 6.57 Å². The summed E-state index contributed by atoms with van der Waals surface area (Å²) in [6, 6.07) is 20.6. The van der Waals surface area contributed by atoms with Crippen LogP contribution in [0, 0.1) is 6.57 Å². The molecule has 21 heavy (non-hydrogen) atoms. The van der Waals surface area contributed by atoms with Crippen LogP contribution < -0.4 is 0 Å². The van der Waals surface area contributed by atoms with E-state index in [2.05, 4.69) is 55.0 Å². The van der Waals surface area contributed by atoms with E-state index in [1.807, 2.05) is 36.4 Å². The summed E-state index contributed by atoms with van der Waals surface area (Å²) in [5.41, 5.74) is 1.52. The Morgan fingerprint density at radius 2 is 1.38 bits per heavy atom. The van der Waals surface area contributed by atoms with Crippen molar-refractivity contribution in [1.29, 1.82) is 0 Å². The first-order valence-corrected chi connectivity index (χ1v) is 7.26. The van der Waals surface area contributed by atoms with E-state index in [-0.39, 0.29) is 0 Å². The van der Waals surface area contributed by atoms with Crippen molar-refractivity contribution in [1.82, 2.24) is 4.90 Å². The average Bonchev–Trinajstić information content (AvgIpc) is 2.54. The molecule has 2 heteroatoms. The second-order valence-corrected chi connectivity index (χ2v) is 5.72. The quantitative estimate of drug-likeness (QED) is 0.744. The van der Waals surface area contributed by atoms with Crippen LogP contribution in [0.3, 0.4) is 0 Å². The van der Waals surface area contributed by atoms with Gasteiger partial charge in [-0.05, 0) is 21.0 Å². The molecule has 0 aliphatic carbocycles. The van der Waals surface area contributed by atoms with Crippen molar-refractivity contribution in [2.24, 2.45) is 0 Å². The topological polar surface area (TPSA) is 7.60 Å². The lowest BCUT2D eigenvalue weighted by molar-refractivity contribution is 0.272. The van der Waals surface area contributed by atoms with E-state index in [1.165, 1.54) is 0 Å². The van der Waals surface area contributed by atoms with Crippen LogP contribution in [-0.2, 0) is 5.54 Å². The fourth-order valence-corrected chi connectivity index (χ4v) is 2.61. The average molecular weight is 278 g/mol. The van der Waals surface area contributed by atoms with Crippen LogP contribution >= 0.6 is 0 Å². The maximum Gasteiger partial charge on any atom is 0.284 e. The largest absolute Gasteiger partial charge is 0.306 e. The normalized spacial score (nSPS) is 12.9. The SMILES string of the molecule is [C-]#[N+]C(CC(C)N(C)C)(c1ccccc1)c1ccccc1. The molecule has 0 aromatic heterocycles. The third-order valence-corrected chi connectivity index (χ3v) is 4.17. The molecule has 0 saturated heterocycles. The summed E-state index contributed by atoms with van der Waals surface area (Å²) >= 11 is 0. The van der Waals surface area contributed by atoms with E-state index >= 15 is 0 Å². The Morgan fingerprint density at radius 3 is 1.71 bits per heavy atom. The fraction of sp³-hybridized carbons (Fsp3) is 0.316. The van der Waals surface area contributed by atoms with Crippen molar-refractivity contribution < 1.29 is 0 Å². The zero-order chi connectivity index (χ0) is 15.3. The molecule has 0 aliphatic rings. The highest BCUT2D eigenvalue weighted by Crippen LogP contribution is 2.38. The molecule has 0 fully saturated rings. The predicted molar refractivity (Wildman–Crippen MR) is 88.0 cm³/mol. The van der Waals surface area contributed by atoms with Gasteiger partial charge in [0.15, 0.2) is 0 Å². The Bertz CT molecular complexity index is 557. The number of rotatable bonds is 5. The maximum absolute atomic E-state index is 7.92. The van der Waals surface area contributed by atoms with Crippen molar-refractivity contribution in [2.45, 2.75) is 24.9 Å². The van der Waals surface area contributed by atoms with Gasteiger partial charge in [-0.2, -0.15) is 0 Å². The van der Waals surface area contributed by atoms with E-state index in [0.29, 0.717) is 6.04 Å². The number of benzene rings is 2. The van der Waals surface area contributed by atoms with Gasteiger partial charge in [-0.3, -0.25) is 4.85 Å². The Hall–Kier alpha value is -2.11. The van der Waals surface area contributed by atoms with Crippen molar-refractivity contribution in [3.05, 3.63) is 83.2 Å². The maximum atomic E-state index is 7.92. The fourth-order valence-electron chi connectivity index (χ4n) is 2.61. The van der Waals surface area contributed by atoms with Crippen LogP contribution in [0.25, 0.3) is 4.85 Å². The molecule has 0 spiro atoms. The molecule has 2 aromatic carbocycles. The zero-order valence-electron chi connectivity index (χ0n) is 13.0. The Labute approximate surface area is 127 Å². The summed E-state index contributed by atoms with van der Waals surface area (Å²) in [7, 11) is 4.13. The van der Waals surface area contributed by atoms with Gasteiger partial charge in [0.05, 0.1) is 6.42 Å². The molecule has 1 atom stereocenters. The number of hydrogen-bond acceptors (Lipinski definition) is 1. The molecule has 0 aliphatic heterocycles. The number of nitrogens with zero attached hydrogens (tertiary/aromatic N) is 2. The Kier molecular flexibility index (Phi) is 4.77. The lowest BCUT2D eigenvalue weighted by Gasteiger charge is -2.29. The second kappa shape index (κ2) is 6.56. The molecule has 0 saturated carbocycles. The van der Waals surface area contributed by atoms with Gasteiger partial charge in [0.2, 0.25) is 0 Å². The molecule has 0 amide bonds. The van der Waals surface area contributed by atoms with E-state index < -0.39 is 5.54 Å². The van der Waals surface area contributed by atoms with Crippen molar-refractivity contribution in [3.8, 4) is 0 Å². The molecule has 2 rings (SSSR count). The van der Waals surface area contributed by atoms with Gasteiger partial charge in [-0.1, -0.05) is 60.7 Å². The minimum absolute atomic E-state index is 0.319. The van der Waals surface area contributed by atoms with Crippen LogP contribution in [0.2, 0.25) is 0 Å². The Morgan fingerprint density at radius 1 is 0.952 bits per heavy atom. The van der Waals surface area contributed by atoms with Crippen LogP contribution in [0.4, 0.5) is 0 Å². The van der Waals surface area contributed by atoms with Crippen LogP contribution in [0.1, 0.15) is 24.5 Å². The first-order chi connectivity index (χ1) is 10.1. The monoisotopic (exact) mass is 278 g/mol. The lowest BCUT2D eigenvalue weighted by atomic mass is 9.78. The number of hydrogen-bond donors (Lipinski definition) is 0. The minimum Gasteiger partial charge on any atom is -0.306 e. The van der Waals surface area contributed by atoms with Gasteiger partial charge >= 0.3 is 0 Å². The van der Waals surface area contributed by atoms with E-state index in [1.54, 1.807) is 0 Å². The highest BCUT2D eigenvalue weighted by molar-refractivity contribution is 5.42. The van der Waals surface area contributed by atoms with E-state index in [9.17, 15) is 0 Å². The van der Waals surface area contributed by atoms with Gasteiger partial charge in [0.1, 0.15) is 0 Å². The summed E-state index contributed by atoms with van der Waals surface area (Å²) < 4.78 is 0. The highest BCUT2D eigenvalue weighted by Gasteiger charge is 2.42. The third kappa shape index (κ3) is 3.15. The van der Waals surface area contributed by atoms with Gasteiger partial charge in [0, 0.05) is 17.2 Å². The van der Waals surface area contributed by atoms with Gasteiger partial charge in [0.25, 0.3) is 5.54 Å². The summed E-state index contributed by atoms with van der Waals surface area (Å²) in [6.07, 6.45) is 0.775. The van der Waals surface area contributed by atoms with Gasteiger partial charge in [-0.15, -0.1) is 0 Å². The molecular weight excluding hydrogens is 256 g/mol. The molecule has 2 aromatic rings. The predicted octanol–water partition coefficient (Wildman–Crippen LogP) is 4.19. The summed E-state index contributed by atoms with van der Waals surface area (Å²) in [4.78, 5) is 6.28. The lowest BCUT2D eigenvalue weighted by Crippen LogP contribution is -2.35. The molecule has 0 N–H and O–H groups in total. The molecule has 0 bridgehead atoms. The molecule has 0 heterocycles. The summed E-state index contributed by atoms with van der Waals surface area (Å²) in [6.45, 7) is 10.1. The first-order valence-electron chi connectivity index (χ1n) is 7.26. The second-order valence-electron chi connectivity index (χ2n) is 5.72. The zero-order valence-corrected chi connectivity index (χ0v) is 13.0. The smallest absolute Gasteiger partial charge is 0.284 e. The van der Waals surface area contributed by atoms with Crippen molar-refractivity contribution >= 4 is 0 Å². The first kappa shape index (κ1) is 15.3. The van der Waals surface area contributed by atoms with E-state index in [4.69, 9.17) is 6.57 Å². The van der Waals surface area contributed by atoms with Crippen LogP contribution in [-0.4, -0.2) is 25.0 Å². The molecule has 1 unspecified atom stereocenters. The minimum atomic E-state index is -0.619. The summed E-state index contributed by atoms with van der Waals surface area (Å²) in [5, 5.41) is 0. The standard InChI is InChI=1S/C19H22N2/c1-16(21(3)4)15-19(20-2,17-11-7-5-8-12-17)18-13-9-6-10-14-18/h5-14,16H,15H2,1,3-4H3.